The predicted molar refractivity (Wildman–Crippen MR) is 59.9 cm³/mol. The molecule has 14 heavy (non-hydrogen) atoms. The Morgan fingerprint density at radius 1 is 1.50 bits per heavy atom. The summed E-state index contributed by atoms with van der Waals surface area (Å²) in [5, 5.41) is 0.386. The molecule has 0 aliphatic carbocycles. The summed E-state index contributed by atoms with van der Waals surface area (Å²) < 4.78 is 4.80. The van der Waals surface area contributed by atoms with E-state index >= 15 is 0 Å². The lowest BCUT2D eigenvalue weighted by atomic mass is 10.3. The highest BCUT2D eigenvalue weighted by Gasteiger charge is 2.05. The van der Waals surface area contributed by atoms with Crippen molar-refractivity contribution in [2.45, 2.75) is 26.7 Å². The topological polar surface area (TPSA) is 55.6 Å². The van der Waals surface area contributed by atoms with E-state index in [0.29, 0.717) is 24.7 Å². The normalized spacial score (nSPS) is 9.57. The highest BCUT2D eigenvalue weighted by atomic mass is 32.1. The van der Waals surface area contributed by atoms with Gasteiger partial charge in [0, 0.05) is 19.5 Å². The van der Waals surface area contributed by atoms with Crippen LogP contribution >= 0.6 is 12.2 Å². The van der Waals surface area contributed by atoms with Gasteiger partial charge in [0.1, 0.15) is 0 Å². The molecule has 0 aromatic heterocycles. The Bertz CT molecular complexity index is 197. The zero-order chi connectivity index (χ0) is 11.0. The van der Waals surface area contributed by atoms with E-state index in [1.807, 2.05) is 11.8 Å². The molecule has 0 heterocycles. The molecule has 0 saturated carbocycles. The zero-order valence-corrected chi connectivity index (χ0v) is 9.60. The summed E-state index contributed by atoms with van der Waals surface area (Å²) in [5.74, 6) is -0.161. The van der Waals surface area contributed by atoms with Gasteiger partial charge in [-0.15, -0.1) is 0 Å². The average Bonchev–Trinajstić information content (AvgIpc) is 2.12. The van der Waals surface area contributed by atoms with Crippen molar-refractivity contribution in [3.05, 3.63) is 0 Å². The summed E-state index contributed by atoms with van der Waals surface area (Å²) in [6.07, 6.45) is 1.15. The number of rotatable bonds is 6. The highest BCUT2D eigenvalue weighted by molar-refractivity contribution is 7.80. The van der Waals surface area contributed by atoms with Crippen LogP contribution in [0.15, 0.2) is 0 Å². The molecule has 5 heteroatoms. The van der Waals surface area contributed by atoms with Crippen LogP contribution in [0.5, 0.6) is 0 Å². The Kier molecular flexibility index (Phi) is 7.10. The van der Waals surface area contributed by atoms with Crippen molar-refractivity contribution in [2.75, 3.05) is 19.7 Å². The third kappa shape index (κ3) is 5.75. The third-order valence-corrected chi connectivity index (χ3v) is 2.07. The van der Waals surface area contributed by atoms with Crippen LogP contribution in [0.25, 0.3) is 0 Å². The smallest absolute Gasteiger partial charge is 0.305 e. The van der Waals surface area contributed by atoms with E-state index < -0.39 is 0 Å². The average molecular weight is 218 g/mol. The molecule has 0 rings (SSSR count). The minimum absolute atomic E-state index is 0.161. The first-order valence-electron chi connectivity index (χ1n) is 4.81. The van der Waals surface area contributed by atoms with Gasteiger partial charge in [-0.05, 0) is 32.5 Å². The summed E-state index contributed by atoms with van der Waals surface area (Å²) in [7, 11) is 0. The van der Waals surface area contributed by atoms with Gasteiger partial charge in [0.25, 0.3) is 0 Å². The lowest BCUT2D eigenvalue weighted by molar-refractivity contribution is -0.143. The lowest BCUT2D eigenvalue weighted by Gasteiger charge is -2.20. The first-order valence-corrected chi connectivity index (χ1v) is 5.22. The molecule has 0 bridgehead atoms. The van der Waals surface area contributed by atoms with Gasteiger partial charge in [-0.25, -0.2) is 0 Å². The van der Waals surface area contributed by atoms with Crippen LogP contribution in [0.4, 0.5) is 0 Å². The van der Waals surface area contributed by atoms with Gasteiger partial charge >= 0.3 is 5.97 Å². The molecule has 0 atom stereocenters. The largest absolute Gasteiger partial charge is 0.466 e. The Labute approximate surface area is 90.4 Å². The minimum atomic E-state index is -0.161. The van der Waals surface area contributed by atoms with E-state index in [4.69, 9.17) is 22.7 Å². The van der Waals surface area contributed by atoms with Gasteiger partial charge in [-0.3, -0.25) is 4.79 Å². The summed E-state index contributed by atoms with van der Waals surface area (Å²) in [6.45, 7) is 5.70. The van der Waals surface area contributed by atoms with Crippen LogP contribution < -0.4 is 5.73 Å². The second-order valence-electron chi connectivity index (χ2n) is 2.83. The van der Waals surface area contributed by atoms with Crippen LogP contribution in [0.3, 0.4) is 0 Å². The second-order valence-corrected chi connectivity index (χ2v) is 3.24. The second kappa shape index (κ2) is 7.55. The van der Waals surface area contributed by atoms with Crippen LogP contribution in [0.1, 0.15) is 26.7 Å². The number of carbonyl (C=O) groups excluding carboxylic acids is 1. The maximum absolute atomic E-state index is 11.0. The molecule has 0 spiro atoms. The molecule has 0 fully saturated rings. The number of thiocarbonyl (C=S) groups is 1. The van der Waals surface area contributed by atoms with Crippen LogP contribution in [0, 0.1) is 0 Å². The first-order chi connectivity index (χ1) is 6.61. The van der Waals surface area contributed by atoms with Gasteiger partial charge in [0.15, 0.2) is 5.11 Å². The number of esters is 1. The molecule has 4 nitrogen and oxygen atoms in total. The number of nitrogens with two attached hydrogens (primary N) is 1. The molecule has 0 aliphatic rings. The van der Waals surface area contributed by atoms with Gasteiger partial charge in [0.2, 0.25) is 0 Å². The SMILES string of the molecule is CCOC(=O)CCCN(CC)C(N)=S. The molecule has 82 valence electrons. The number of hydrogen-bond acceptors (Lipinski definition) is 3. The summed E-state index contributed by atoms with van der Waals surface area (Å²) in [4.78, 5) is 12.8. The fourth-order valence-electron chi connectivity index (χ4n) is 1.07. The number of hydrogen-bond donors (Lipinski definition) is 1. The summed E-state index contributed by atoms with van der Waals surface area (Å²) in [5.41, 5.74) is 5.46. The van der Waals surface area contributed by atoms with Crippen LogP contribution in [0.2, 0.25) is 0 Å². The predicted octanol–water partition coefficient (Wildman–Crippen LogP) is 0.895. The highest BCUT2D eigenvalue weighted by Crippen LogP contribution is 1.97. The van der Waals surface area contributed by atoms with E-state index in [2.05, 4.69) is 0 Å². The molecule has 0 unspecified atom stereocenters. The molecule has 2 N–H and O–H groups in total. The Morgan fingerprint density at radius 3 is 2.57 bits per heavy atom. The molecular formula is C9H18N2O2S. The molecule has 0 saturated heterocycles. The zero-order valence-electron chi connectivity index (χ0n) is 8.78. The lowest BCUT2D eigenvalue weighted by Crippen LogP contribution is -2.36. The minimum Gasteiger partial charge on any atom is -0.466 e. The van der Waals surface area contributed by atoms with E-state index in [9.17, 15) is 4.79 Å². The van der Waals surface area contributed by atoms with Crippen molar-refractivity contribution in [3.63, 3.8) is 0 Å². The van der Waals surface area contributed by atoms with E-state index in [-0.39, 0.29) is 5.97 Å². The number of ether oxygens (including phenoxy) is 1. The van der Waals surface area contributed by atoms with Gasteiger partial charge in [-0.1, -0.05) is 0 Å². The van der Waals surface area contributed by atoms with Crippen LogP contribution in [-0.4, -0.2) is 35.7 Å². The Balaban J connectivity index is 3.61. The van der Waals surface area contributed by atoms with Crippen molar-refractivity contribution in [3.8, 4) is 0 Å². The van der Waals surface area contributed by atoms with Crippen molar-refractivity contribution in [2.24, 2.45) is 5.73 Å². The van der Waals surface area contributed by atoms with Crippen molar-refractivity contribution in [1.82, 2.24) is 4.90 Å². The fourth-order valence-corrected chi connectivity index (χ4v) is 1.29. The summed E-state index contributed by atoms with van der Waals surface area (Å²) in [6, 6.07) is 0. The van der Waals surface area contributed by atoms with Crippen molar-refractivity contribution in [1.29, 1.82) is 0 Å². The van der Waals surface area contributed by atoms with E-state index in [0.717, 1.165) is 13.0 Å². The maximum Gasteiger partial charge on any atom is 0.305 e. The Morgan fingerprint density at radius 2 is 2.14 bits per heavy atom. The fraction of sp³-hybridized carbons (Fsp3) is 0.778. The number of nitrogens with zero attached hydrogens (tertiary/aromatic N) is 1. The molecule has 0 aromatic rings. The maximum atomic E-state index is 11.0. The first kappa shape index (κ1) is 13.2. The molecule has 0 radical (unpaired) electrons. The van der Waals surface area contributed by atoms with Gasteiger partial charge in [-0.2, -0.15) is 0 Å². The molecule has 0 amide bonds. The third-order valence-electron chi connectivity index (χ3n) is 1.81. The molecular weight excluding hydrogens is 200 g/mol. The monoisotopic (exact) mass is 218 g/mol. The molecule has 0 aliphatic heterocycles. The van der Waals surface area contributed by atoms with E-state index in [1.54, 1.807) is 6.92 Å². The summed E-state index contributed by atoms with van der Waals surface area (Å²) >= 11 is 4.83. The van der Waals surface area contributed by atoms with Gasteiger partial charge < -0.3 is 15.4 Å². The van der Waals surface area contributed by atoms with Gasteiger partial charge in [0.05, 0.1) is 6.61 Å². The standard InChI is InChI=1S/C9H18N2O2S/c1-3-11(9(10)14)7-5-6-8(12)13-4-2/h3-7H2,1-2H3,(H2,10,14). The van der Waals surface area contributed by atoms with Crippen molar-refractivity contribution >= 4 is 23.3 Å². The quantitative estimate of drug-likeness (QED) is 0.530. The van der Waals surface area contributed by atoms with E-state index in [1.165, 1.54) is 0 Å². The molecule has 0 aromatic carbocycles. The number of carbonyl (C=O) groups is 1. The van der Waals surface area contributed by atoms with Crippen molar-refractivity contribution < 1.29 is 9.53 Å². The van der Waals surface area contributed by atoms with Crippen LogP contribution in [-0.2, 0) is 9.53 Å². The Hall–Kier alpha value is -0.840.